The van der Waals surface area contributed by atoms with Crippen molar-refractivity contribution in [1.29, 1.82) is 0 Å². The monoisotopic (exact) mass is 343 g/mol. The number of nitrogens with one attached hydrogen (secondary N) is 2. The van der Waals surface area contributed by atoms with E-state index in [0.717, 1.165) is 18.9 Å². The summed E-state index contributed by atoms with van der Waals surface area (Å²) >= 11 is 0. The summed E-state index contributed by atoms with van der Waals surface area (Å²) in [6.07, 6.45) is 5.31. The first kappa shape index (κ1) is 19.8. The maximum Gasteiger partial charge on any atom is 0.190 e. The van der Waals surface area contributed by atoms with Gasteiger partial charge in [0.1, 0.15) is 18.7 Å². The first-order valence-electron chi connectivity index (χ1n) is 9.67. The van der Waals surface area contributed by atoms with Crippen LogP contribution >= 0.6 is 0 Å². The van der Waals surface area contributed by atoms with Crippen LogP contribution in [0.5, 0.6) is 0 Å². The smallest absolute Gasteiger partial charge is 0.190 e. The average molecular weight is 343 g/mol. The Morgan fingerprint density at radius 2 is 2.04 bits per heavy atom. The summed E-state index contributed by atoms with van der Waals surface area (Å²) in [6, 6.07) is -0.00314. The number of hydrogen-bond acceptors (Lipinski definition) is 4. The average Bonchev–Trinajstić information content (AvgIpc) is 2.57. The van der Waals surface area contributed by atoms with Crippen LogP contribution in [0, 0.1) is 17.0 Å². The Labute approximate surface area is 145 Å². The summed E-state index contributed by atoms with van der Waals surface area (Å²) < 4.78 is 5.58. The van der Waals surface area contributed by atoms with Crippen molar-refractivity contribution in [3.8, 4) is 0 Å². The van der Waals surface area contributed by atoms with Crippen LogP contribution in [0.1, 0.15) is 59.3 Å². The molecule has 0 radical (unpaired) electrons. The van der Waals surface area contributed by atoms with Crippen LogP contribution in [-0.4, -0.2) is 48.9 Å². The highest BCUT2D eigenvalue weighted by Crippen LogP contribution is 2.26. The Morgan fingerprint density at radius 1 is 1.29 bits per heavy atom. The number of ketones is 1. The Morgan fingerprint density at radius 3 is 2.67 bits per heavy atom. The Kier molecular flexibility index (Phi) is 7.62. The fourth-order valence-corrected chi connectivity index (χ4v) is 4.44. The number of hydrogen-bond donors (Lipinski definition) is 3. The van der Waals surface area contributed by atoms with Crippen molar-refractivity contribution < 1.29 is 24.9 Å². The molecule has 1 saturated heterocycles. The molecule has 7 atom stereocenters. The SMILES string of the molecule is CCOC1CCC(C(=O)C[NH+]2CC(CC)CCC2C)CC1[NH+]([O-])O. The molecule has 2 fully saturated rings. The number of carbonyl (C=O) groups is 1. The second kappa shape index (κ2) is 9.25. The number of rotatable bonds is 7. The van der Waals surface area contributed by atoms with E-state index >= 15 is 0 Å². The molecule has 140 valence electrons. The van der Waals surface area contributed by atoms with Crippen LogP contribution in [0.15, 0.2) is 0 Å². The van der Waals surface area contributed by atoms with Gasteiger partial charge in [-0.1, -0.05) is 6.92 Å². The molecule has 1 aliphatic carbocycles. The topological polar surface area (TPSA) is 78.5 Å². The fraction of sp³-hybridized carbons (Fsp3) is 0.944. The predicted octanol–water partition coefficient (Wildman–Crippen LogP) is -0.00540. The molecule has 24 heavy (non-hydrogen) atoms. The maximum atomic E-state index is 12.8. The number of quaternary nitrogens is 2. The van der Waals surface area contributed by atoms with Gasteiger partial charge in [-0.3, -0.25) is 4.79 Å². The van der Waals surface area contributed by atoms with Gasteiger partial charge in [-0.15, -0.1) is 0 Å². The highest BCUT2D eigenvalue weighted by molar-refractivity contribution is 5.82. The molecule has 7 unspecified atom stereocenters. The second-order valence-electron chi connectivity index (χ2n) is 7.71. The van der Waals surface area contributed by atoms with Crippen molar-refractivity contribution in [2.45, 2.75) is 77.5 Å². The van der Waals surface area contributed by atoms with Gasteiger partial charge in [0.2, 0.25) is 0 Å². The minimum absolute atomic E-state index is 0.107. The van der Waals surface area contributed by atoms with Gasteiger partial charge in [-0.05, 0) is 46.0 Å². The highest BCUT2D eigenvalue weighted by atomic mass is 16.8. The van der Waals surface area contributed by atoms with E-state index < -0.39 is 11.3 Å². The Hall–Kier alpha value is -0.530. The molecule has 2 aliphatic rings. The lowest BCUT2D eigenvalue weighted by atomic mass is 9.81. The van der Waals surface area contributed by atoms with Crippen LogP contribution in [0.3, 0.4) is 0 Å². The molecule has 3 N–H and O–H groups in total. The third-order valence-electron chi connectivity index (χ3n) is 6.17. The zero-order valence-corrected chi connectivity index (χ0v) is 15.4. The van der Waals surface area contributed by atoms with Crippen LogP contribution in [0.4, 0.5) is 0 Å². The number of carbonyl (C=O) groups excluding carboxylic acids is 1. The van der Waals surface area contributed by atoms with Crippen LogP contribution in [0.2, 0.25) is 0 Å². The third-order valence-corrected chi connectivity index (χ3v) is 6.17. The number of hydroxylamine groups is 2. The molecule has 6 heteroatoms. The first-order valence-corrected chi connectivity index (χ1v) is 9.67. The van der Waals surface area contributed by atoms with Gasteiger partial charge in [-0.25, -0.2) is 10.4 Å². The van der Waals surface area contributed by atoms with E-state index in [1.165, 1.54) is 24.2 Å². The lowest BCUT2D eigenvalue weighted by Gasteiger charge is -2.38. The molecular weight excluding hydrogens is 308 g/mol. The molecule has 0 aromatic heterocycles. The summed E-state index contributed by atoms with van der Waals surface area (Å²) in [4.78, 5) is 14.2. The van der Waals surface area contributed by atoms with Gasteiger partial charge in [0, 0.05) is 24.9 Å². The zero-order chi connectivity index (χ0) is 17.7. The number of piperidine rings is 1. The molecule has 0 amide bonds. The number of Topliss-reactive ketones (excluding diaryl/α,β-unsaturated/α-hetero) is 1. The van der Waals surface area contributed by atoms with Crippen LogP contribution in [-0.2, 0) is 9.53 Å². The van der Waals surface area contributed by atoms with Gasteiger partial charge >= 0.3 is 0 Å². The minimum atomic E-state index is -0.823. The van der Waals surface area contributed by atoms with Crippen molar-refractivity contribution in [2.75, 3.05) is 19.7 Å². The van der Waals surface area contributed by atoms with E-state index in [0.29, 0.717) is 32.0 Å². The standard InChI is InChI=1S/C18H34N2O4/c1-4-14-7-6-13(3)19(11-14)12-17(21)15-8-9-18(24-5-2)16(10-15)20(22)23/h13-16,18,20,22H,4-12H2,1-3H3/p+1. The lowest BCUT2D eigenvalue weighted by molar-refractivity contribution is -1.07. The molecule has 0 spiro atoms. The van der Waals surface area contributed by atoms with E-state index in [2.05, 4.69) is 13.8 Å². The molecule has 1 aliphatic heterocycles. The molecule has 1 heterocycles. The maximum absolute atomic E-state index is 12.8. The van der Waals surface area contributed by atoms with Crippen LogP contribution in [0.25, 0.3) is 0 Å². The molecule has 0 aromatic carbocycles. The van der Waals surface area contributed by atoms with E-state index in [1.807, 2.05) is 6.92 Å². The summed E-state index contributed by atoms with van der Waals surface area (Å²) in [5, 5.41) is 20.2. The quantitative estimate of drug-likeness (QED) is 0.569. The highest BCUT2D eigenvalue weighted by Gasteiger charge is 2.40. The summed E-state index contributed by atoms with van der Waals surface area (Å²) in [6.45, 7) is 8.53. The van der Waals surface area contributed by atoms with Gasteiger partial charge in [0.25, 0.3) is 0 Å². The second-order valence-corrected chi connectivity index (χ2v) is 7.71. The van der Waals surface area contributed by atoms with Crippen molar-refractivity contribution in [2.24, 2.45) is 11.8 Å². The Bertz CT molecular complexity index is 404. The van der Waals surface area contributed by atoms with Crippen molar-refractivity contribution in [1.82, 2.24) is 0 Å². The molecule has 6 nitrogen and oxygen atoms in total. The van der Waals surface area contributed by atoms with E-state index in [9.17, 15) is 15.2 Å². The van der Waals surface area contributed by atoms with Gasteiger partial charge < -0.3 is 14.8 Å². The summed E-state index contributed by atoms with van der Waals surface area (Å²) in [7, 11) is 0. The Balaban J connectivity index is 1.92. The third kappa shape index (κ3) is 4.99. The van der Waals surface area contributed by atoms with Gasteiger partial charge in [-0.2, -0.15) is 0 Å². The van der Waals surface area contributed by atoms with Gasteiger partial charge in [0.05, 0.1) is 12.6 Å². The first-order chi connectivity index (χ1) is 11.5. The molecule has 0 aromatic rings. The zero-order valence-electron chi connectivity index (χ0n) is 15.4. The molecule has 2 rings (SSSR count). The summed E-state index contributed by atoms with van der Waals surface area (Å²) in [5.74, 6) is 0.878. The molecule has 0 bridgehead atoms. The van der Waals surface area contributed by atoms with Crippen molar-refractivity contribution in [3.63, 3.8) is 0 Å². The lowest BCUT2D eigenvalue weighted by Crippen LogP contribution is -3.17. The van der Waals surface area contributed by atoms with E-state index in [1.54, 1.807) is 0 Å². The normalized spacial score (nSPS) is 38.7. The molecular formula is C18H35N2O4+. The number of ether oxygens (including phenoxy) is 1. The van der Waals surface area contributed by atoms with E-state index in [4.69, 9.17) is 4.74 Å². The summed E-state index contributed by atoms with van der Waals surface area (Å²) in [5.41, 5.74) is 0. The largest absolute Gasteiger partial charge is 0.600 e. The van der Waals surface area contributed by atoms with Gasteiger partial charge in [0.15, 0.2) is 5.78 Å². The fourth-order valence-electron chi connectivity index (χ4n) is 4.44. The minimum Gasteiger partial charge on any atom is -0.600 e. The molecule has 1 saturated carbocycles. The van der Waals surface area contributed by atoms with E-state index in [-0.39, 0.29) is 17.8 Å². The number of likely N-dealkylation sites (tertiary alicyclic amines) is 1. The van der Waals surface area contributed by atoms with Crippen molar-refractivity contribution >= 4 is 5.78 Å². The predicted molar refractivity (Wildman–Crippen MR) is 90.8 cm³/mol. The van der Waals surface area contributed by atoms with Crippen molar-refractivity contribution in [3.05, 3.63) is 5.21 Å². The van der Waals surface area contributed by atoms with Crippen LogP contribution < -0.4 is 10.1 Å².